The molecule has 1 atom stereocenters. The number of aromatic nitrogens is 1. The number of benzene rings is 2. The Balaban J connectivity index is 1.78. The van der Waals surface area contributed by atoms with Crippen LogP contribution >= 0.6 is 0 Å². The molecule has 0 radical (unpaired) electrons. The van der Waals surface area contributed by atoms with Crippen molar-refractivity contribution >= 4 is 10.9 Å². The summed E-state index contributed by atoms with van der Waals surface area (Å²) in [6, 6.07) is 20.9. The van der Waals surface area contributed by atoms with Crippen LogP contribution in [-0.4, -0.2) is 11.5 Å². The molecule has 0 aliphatic heterocycles. The zero-order chi connectivity index (χ0) is 14.5. The summed E-state index contributed by atoms with van der Waals surface area (Å²) in [5.41, 5.74) is 9.41. The molecule has 2 aromatic carbocycles. The van der Waals surface area contributed by atoms with E-state index in [9.17, 15) is 0 Å². The van der Waals surface area contributed by atoms with E-state index < -0.39 is 0 Å². The van der Waals surface area contributed by atoms with Gasteiger partial charge in [-0.2, -0.15) is 0 Å². The summed E-state index contributed by atoms with van der Waals surface area (Å²) in [6.45, 7) is 1.38. The minimum absolute atomic E-state index is 0.148. The van der Waals surface area contributed by atoms with Crippen LogP contribution in [0.4, 0.5) is 0 Å². The van der Waals surface area contributed by atoms with Crippen LogP contribution in [0, 0.1) is 0 Å². The van der Waals surface area contributed by atoms with Gasteiger partial charge in [-0.25, -0.2) is 0 Å². The van der Waals surface area contributed by atoms with Crippen molar-refractivity contribution in [2.75, 3.05) is 6.54 Å². The van der Waals surface area contributed by atoms with E-state index in [0.29, 0.717) is 6.54 Å². The van der Waals surface area contributed by atoms with E-state index in [1.165, 1.54) is 11.1 Å². The third-order valence-corrected chi connectivity index (χ3v) is 3.66. The zero-order valence-corrected chi connectivity index (χ0v) is 11.9. The molecule has 1 unspecified atom stereocenters. The number of rotatable bonds is 5. The molecule has 1 aromatic heterocycles. The maximum Gasteiger partial charge on any atom is 0.0702 e. The normalized spacial score (nSPS) is 12.4. The van der Waals surface area contributed by atoms with Crippen molar-refractivity contribution in [3.05, 3.63) is 78.0 Å². The highest BCUT2D eigenvalue weighted by atomic mass is 14.9. The fourth-order valence-electron chi connectivity index (χ4n) is 2.49. The van der Waals surface area contributed by atoms with Crippen molar-refractivity contribution in [3.8, 4) is 0 Å². The fraction of sp³-hybridized carbons (Fsp3) is 0.167. The predicted molar refractivity (Wildman–Crippen MR) is 86.8 cm³/mol. The Labute approximate surface area is 124 Å². The quantitative estimate of drug-likeness (QED) is 0.753. The molecule has 0 spiro atoms. The first-order valence-electron chi connectivity index (χ1n) is 7.19. The number of nitrogens with one attached hydrogen (secondary N) is 1. The molecule has 0 fully saturated rings. The van der Waals surface area contributed by atoms with E-state index in [1.54, 1.807) is 0 Å². The molecule has 0 amide bonds. The Morgan fingerprint density at radius 3 is 2.67 bits per heavy atom. The number of fused-ring (bicyclic) bond motifs is 1. The highest BCUT2D eigenvalue weighted by molar-refractivity contribution is 5.79. The van der Waals surface area contributed by atoms with E-state index in [0.717, 1.165) is 17.4 Å². The highest BCUT2D eigenvalue weighted by Crippen LogP contribution is 2.19. The first-order chi connectivity index (χ1) is 10.4. The second-order valence-corrected chi connectivity index (χ2v) is 5.11. The molecule has 106 valence electrons. The summed E-state index contributed by atoms with van der Waals surface area (Å²) in [5, 5.41) is 4.67. The minimum atomic E-state index is 0.148. The van der Waals surface area contributed by atoms with Gasteiger partial charge in [0, 0.05) is 30.7 Å². The Morgan fingerprint density at radius 2 is 1.86 bits per heavy atom. The lowest BCUT2D eigenvalue weighted by Crippen LogP contribution is -2.27. The van der Waals surface area contributed by atoms with Crippen molar-refractivity contribution in [1.29, 1.82) is 0 Å². The van der Waals surface area contributed by atoms with E-state index >= 15 is 0 Å². The van der Waals surface area contributed by atoms with Crippen LogP contribution in [0.1, 0.15) is 17.2 Å². The van der Waals surface area contributed by atoms with E-state index in [-0.39, 0.29) is 6.04 Å². The number of nitrogens with two attached hydrogens (primary N) is 1. The van der Waals surface area contributed by atoms with Gasteiger partial charge in [0.2, 0.25) is 0 Å². The first-order valence-corrected chi connectivity index (χ1v) is 7.19. The molecule has 0 aliphatic rings. The second-order valence-electron chi connectivity index (χ2n) is 5.11. The Morgan fingerprint density at radius 1 is 1.00 bits per heavy atom. The van der Waals surface area contributed by atoms with Gasteiger partial charge in [0.25, 0.3) is 0 Å². The molecule has 1 heterocycles. The van der Waals surface area contributed by atoms with Crippen LogP contribution in [0.25, 0.3) is 10.9 Å². The summed E-state index contributed by atoms with van der Waals surface area (Å²) < 4.78 is 0. The van der Waals surface area contributed by atoms with Gasteiger partial charge in [-0.15, -0.1) is 0 Å². The van der Waals surface area contributed by atoms with Crippen molar-refractivity contribution < 1.29 is 0 Å². The largest absolute Gasteiger partial charge is 0.329 e. The molecular weight excluding hydrogens is 258 g/mol. The van der Waals surface area contributed by atoms with Gasteiger partial charge in [-0.1, -0.05) is 42.5 Å². The zero-order valence-electron chi connectivity index (χ0n) is 11.9. The number of pyridine rings is 1. The molecule has 3 aromatic rings. The van der Waals surface area contributed by atoms with Crippen molar-refractivity contribution in [1.82, 2.24) is 10.3 Å². The average Bonchev–Trinajstić information content (AvgIpc) is 2.56. The van der Waals surface area contributed by atoms with Crippen LogP contribution in [0.15, 0.2) is 66.9 Å². The molecule has 21 heavy (non-hydrogen) atoms. The maximum absolute atomic E-state index is 5.93. The lowest BCUT2D eigenvalue weighted by atomic mass is 10.0. The maximum atomic E-state index is 5.93. The van der Waals surface area contributed by atoms with Crippen LogP contribution < -0.4 is 11.1 Å². The molecule has 3 nitrogen and oxygen atoms in total. The van der Waals surface area contributed by atoms with Gasteiger partial charge in [0.05, 0.1) is 5.52 Å². The summed E-state index contributed by atoms with van der Waals surface area (Å²) in [7, 11) is 0. The Bertz CT molecular complexity index is 710. The second kappa shape index (κ2) is 6.48. The van der Waals surface area contributed by atoms with Crippen LogP contribution in [0.5, 0.6) is 0 Å². The topological polar surface area (TPSA) is 50.9 Å². The smallest absolute Gasteiger partial charge is 0.0702 e. The lowest BCUT2D eigenvalue weighted by Gasteiger charge is -2.18. The van der Waals surface area contributed by atoms with Gasteiger partial charge in [0.1, 0.15) is 0 Å². The SMILES string of the molecule is NCC(NCc1ccccc1)c1ccc2ncccc2c1. The Hall–Kier alpha value is -2.23. The van der Waals surface area contributed by atoms with Crippen molar-refractivity contribution in [2.24, 2.45) is 5.73 Å². The minimum Gasteiger partial charge on any atom is -0.329 e. The van der Waals surface area contributed by atoms with Crippen LogP contribution in [-0.2, 0) is 6.54 Å². The van der Waals surface area contributed by atoms with Gasteiger partial charge in [-0.3, -0.25) is 4.98 Å². The van der Waals surface area contributed by atoms with Crippen LogP contribution in [0.3, 0.4) is 0 Å². The molecule has 0 saturated carbocycles. The average molecular weight is 277 g/mol. The third kappa shape index (κ3) is 3.27. The molecule has 3 rings (SSSR count). The van der Waals surface area contributed by atoms with Gasteiger partial charge in [-0.05, 0) is 29.3 Å². The van der Waals surface area contributed by atoms with Gasteiger partial charge in [0.15, 0.2) is 0 Å². The Kier molecular flexibility index (Phi) is 4.24. The third-order valence-electron chi connectivity index (χ3n) is 3.66. The molecular formula is C18H19N3. The first kappa shape index (κ1) is 13.7. The van der Waals surface area contributed by atoms with Gasteiger partial charge < -0.3 is 11.1 Å². The molecule has 0 aliphatic carbocycles. The number of hydrogen-bond donors (Lipinski definition) is 2. The van der Waals surface area contributed by atoms with Crippen molar-refractivity contribution in [3.63, 3.8) is 0 Å². The molecule has 3 N–H and O–H groups in total. The van der Waals surface area contributed by atoms with Crippen LogP contribution in [0.2, 0.25) is 0 Å². The standard InChI is InChI=1S/C18H19N3/c19-12-18(21-13-14-5-2-1-3-6-14)16-8-9-17-15(11-16)7-4-10-20-17/h1-11,18,21H,12-13,19H2. The summed E-state index contributed by atoms with van der Waals surface area (Å²) in [5.74, 6) is 0. The predicted octanol–water partition coefficient (Wildman–Crippen LogP) is 3.02. The molecule has 3 heteroatoms. The number of nitrogens with zero attached hydrogens (tertiary/aromatic N) is 1. The summed E-state index contributed by atoms with van der Waals surface area (Å²) in [6.07, 6.45) is 1.82. The monoisotopic (exact) mass is 277 g/mol. The van der Waals surface area contributed by atoms with E-state index in [4.69, 9.17) is 5.73 Å². The lowest BCUT2D eigenvalue weighted by molar-refractivity contribution is 0.542. The fourth-order valence-corrected chi connectivity index (χ4v) is 2.49. The molecule has 0 bridgehead atoms. The van der Waals surface area contributed by atoms with Gasteiger partial charge >= 0.3 is 0 Å². The van der Waals surface area contributed by atoms with E-state index in [1.807, 2.05) is 18.3 Å². The number of hydrogen-bond acceptors (Lipinski definition) is 3. The van der Waals surface area contributed by atoms with E-state index in [2.05, 4.69) is 58.8 Å². The summed E-state index contributed by atoms with van der Waals surface area (Å²) >= 11 is 0. The summed E-state index contributed by atoms with van der Waals surface area (Å²) in [4.78, 5) is 4.35. The highest BCUT2D eigenvalue weighted by Gasteiger charge is 2.09. The molecule has 0 saturated heterocycles. The van der Waals surface area contributed by atoms with Crippen molar-refractivity contribution in [2.45, 2.75) is 12.6 Å².